The van der Waals surface area contributed by atoms with Crippen molar-refractivity contribution >= 4 is 5.84 Å². The van der Waals surface area contributed by atoms with Crippen LogP contribution < -0.4 is 5.48 Å². The van der Waals surface area contributed by atoms with Gasteiger partial charge in [-0.05, 0) is 17.9 Å². The van der Waals surface area contributed by atoms with Gasteiger partial charge in [0, 0.05) is 5.56 Å². The van der Waals surface area contributed by atoms with Gasteiger partial charge in [0.25, 0.3) is 0 Å². The monoisotopic (exact) mass is 218 g/mol. The second-order valence-electron chi connectivity index (χ2n) is 5.12. The molecule has 0 aromatic heterocycles. The molecular weight excluding hydrogens is 200 g/mol. The van der Waals surface area contributed by atoms with E-state index in [4.69, 9.17) is 4.84 Å². The first-order valence-electron chi connectivity index (χ1n) is 5.57. The summed E-state index contributed by atoms with van der Waals surface area (Å²) in [6, 6.07) is 8.44. The highest BCUT2D eigenvalue weighted by molar-refractivity contribution is 5.98. The predicted molar refractivity (Wildman–Crippen MR) is 65.4 cm³/mol. The van der Waals surface area contributed by atoms with Crippen LogP contribution in [0.3, 0.4) is 0 Å². The van der Waals surface area contributed by atoms with Crippen LogP contribution in [0, 0.1) is 0 Å². The van der Waals surface area contributed by atoms with E-state index in [0.29, 0.717) is 0 Å². The van der Waals surface area contributed by atoms with E-state index in [2.05, 4.69) is 55.5 Å². The van der Waals surface area contributed by atoms with Crippen LogP contribution in [0.2, 0.25) is 0 Å². The molecule has 0 radical (unpaired) electrons. The number of hydrogen-bond acceptors (Lipinski definition) is 3. The van der Waals surface area contributed by atoms with Gasteiger partial charge in [-0.25, -0.2) is 15.3 Å². The molecule has 1 aliphatic rings. The molecule has 0 spiro atoms. The van der Waals surface area contributed by atoms with Crippen molar-refractivity contribution < 1.29 is 4.84 Å². The fourth-order valence-electron chi connectivity index (χ4n) is 1.64. The first-order valence-corrected chi connectivity index (χ1v) is 5.57. The van der Waals surface area contributed by atoms with Crippen molar-refractivity contribution in [1.82, 2.24) is 5.48 Å². The maximum Gasteiger partial charge on any atom is 0.174 e. The normalized spacial score (nSPS) is 20.5. The van der Waals surface area contributed by atoms with E-state index in [1.807, 2.05) is 6.92 Å². The van der Waals surface area contributed by atoms with E-state index in [0.717, 1.165) is 11.4 Å². The van der Waals surface area contributed by atoms with Crippen molar-refractivity contribution in [3.05, 3.63) is 35.4 Å². The average Bonchev–Trinajstić information content (AvgIpc) is 2.64. The maximum atomic E-state index is 5.16. The van der Waals surface area contributed by atoms with Crippen molar-refractivity contribution in [3.8, 4) is 0 Å². The smallest absolute Gasteiger partial charge is 0.174 e. The molecular formula is C13H18N2O. The quantitative estimate of drug-likeness (QED) is 0.786. The second-order valence-corrected chi connectivity index (χ2v) is 5.12. The first-order chi connectivity index (χ1) is 7.47. The minimum atomic E-state index is -0.0997. The summed E-state index contributed by atoms with van der Waals surface area (Å²) in [5.74, 6) is 0.813. The molecule has 1 unspecified atom stereocenters. The molecule has 1 aliphatic heterocycles. The van der Waals surface area contributed by atoms with Crippen LogP contribution >= 0.6 is 0 Å². The number of hydroxylamine groups is 1. The Morgan fingerprint density at radius 1 is 1.19 bits per heavy atom. The summed E-state index contributed by atoms with van der Waals surface area (Å²) in [7, 11) is 0. The van der Waals surface area contributed by atoms with Crippen LogP contribution in [0.4, 0.5) is 0 Å². The largest absolute Gasteiger partial charge is 0.248 e. The lowest BCUT2D eigenvalue weighted by Gasteiger charge is -2.19. The van der Waals surface area contributed by atoms with Gasteiger partial charge >= 0.3 is 0 Å². The Kier molecular flexibility index (Phi) is 2.72. The Bertz CT molecular complexity index is 401. The number of rotatable bonds is 1. The van der Waals surface area contributed by atoms with Crippen LogP contribution in [0.5, 0.6) is 0 Å². The SMILES string of the molecule is CC1N=C(c2ccc(C(C)(C)C)cc2)NO1. The van der Waals surface area contributed by atoms with Gasteiger partial charge in [0.1, 0.15) is 0 Å². The summed E-state index contributed by atoms with van der Waals surface area (Å²) in [6.45, 7) is 8.53. The Labute approximate surface area is 96.5 Å². The third kappa shape index (κ3) is 2.25. The van der Waals surface area contributed by atoms with Gasteiger partial charge in [0.2, 0.25) is 0 Å². The second kappa shape index (κ2) is 3.91. The molecule has 0 saturated heterocycles. The van der Waals surface area contributed by atoms with Gasteiger partial charge in [0.15, 0.2) is 12.1 Å². The third-order valence-corrected chi connectivity index (χ3v) is 2.66. The molecule has 1 atom stereocenters. The molecule has 3 heteroatoms. The van der Waals surface area contributed by atoms with Gasteiger partial charge in [-0.1, -0.05) is 45.0 Å². The Morgan fingerprint density at radius 2 is 1.81 bits per heavy atom. The third-order valence-electron chi connectivity index (χ3n) is 2.66. The summed E-state index contributed by atoms with van der Waals surface area (Å²) >= 11 is 0. The molecule has 1 N–H and O–H groups in total. The van der Waals surface area contributed by atoms with Gasteiger partial charge in [-0.3, -0.25) is 0 Å². The van der Waals surface area contributed by atoms with Gasteiger partial charge in [-0.15, -0.1) is 0 Å². The molecule has 0 bridgehead atoms. The van der Waals surface area contributed by atoms with Crippen molar-refractivity contribution in [2.24, 2.45) is 4.99 Å². The van der Waals surface area contributed by atoms with E-state index in [-0.39, 0.29) is 11.6 Å². The Hall–Kier alpha value is -1.35. The van der Waals surface area contributed by atoms with Crippen LogP contribution in [0.25, 0.3) is 0 Å². The van der Waals surface area contributed by atoms with E-state index in [9.17, 15) is 0 Å². The highest BCUT2D eigenvalue weighted by Crippen LogP contribution is 2.22. The van der Waals surface area contributed by atoms with Crippen LogP contribution in [-0.2, 0) is 10.3 Å². The summed E-state index contributed by atoms with van der Waals surface area (Å²) in [4.78, 5) is 9.50. The highest BCUT2D eigenvalue weighted by atomic mass is 16.7. The minimum absolute atomic E-state index is 0.0997. The van der Waals surface area contributed by atoms with E-state index in [1.54, 1.807) is 0 Å². The number of benzene rings is 1. The molecule has 0 saturated carbocycles. The Morgan fingerprint density at radius 3 is 2.25 bits per heavy atom. The lowest BCUT2D eigenvalue weighted by molar-refractivity contribution is 0.0504. The summed E-state index contributed by atoms with van der Waals surface area (Å²) in [6.07, 6.45) is -0.0997. The number of nitrogens with zero attached hydrogens (tertiary/aromatic N) is 1. The average molecular weight is 218 g/mol. The maximum absolute atomic E-state index is 5.16. The molecule has 0 amide bonds. The molecule has 3 nitrogen and oxygen atoms in total. The summed E-state index contributed by atoms with van der Waals surface area (Å²) in [5, 5.41) is 0. The zero-order valence-corrected chi connectivity index (χ0v) is 10.2. The standard InChI is InChI=1S/C13H18N2O/c1-9-14-12(15-16-9)10-5-7-11(8-6-10)13(2,3)4/h5-9H,1-4H3,(H,14,15). The van der Waals surface area contributed by atoms with Crippen molar-refractivity contribution in [1.29, 1.82) is 0 Å². The van der Waals surface area contributed by atoms with Crippen LogP contribution in [-0.4, -0.2) is 12.1 Å². The topological polar surface area (TPSA) is 33.6 Å². The summed E-state index contributed by atoms with van der Waals surface area (Å²) < 4.78 is 0. The van der Waals surface area contributed by atoms with Gasteiger partial charge in [0.05, 0.1) is 0 Å². The van der Waals surface area contributed by atoms with E-state index in [1.165, 1.54) is 5.56 Å². The first kappa shape index (κ1) is 11.1. The molecule has 1 aromatic rings. The minimum Gasteiger partial charge on any atom is -0.248 e. The molecule has 16 heavy (non-hydrogen) atoms. The van der Waals surface area contributed by atoms with Gasteiger partial charge < -0.3 is 0 Å². The highest BCUT2D eigenvalue weighted by Gasteiger charge is 2.16. The molecule has 0 fully saturated rings. The van der Waals surface area contributed by atoms with Crippen molar-refractivity contribution in [3.63, 3.8) is 0 Å². The predicted octanol–water partition coefficient (Wildman–Crippen LogP) is 2.61. The molecule has 1 heterocycles. The van der Waals surface area contributed by atoms with Gasteiger partial charge in [-0.2, -0.15) is 0 Å². The summed E-state index contributed by atoms with van der Waals surface area (Å²) in [5.41, 5.74) is 5.41. The molecule has 1 aromatic carbocycles. The molecule has 0 aliphatic carbocycles. The number of aliphatic imine (C=N–C) groups is 1. The fraction of sp³-hybridized carbons (Fsp3) is 0.462. The lowest BCUT2D eigenvalue weighted by Crippen LogP contribution is -2.19. The van der Waals surface area contributed by atoms with E-state index >= 15 is 0 Å². The Balaban J connectivity index is 2.23. The number of amidine groups is 1. The molecule has 2 rings (SSSR count). The number of nitrogens with one attached hydrogen (secondary N) is 1. The fourth-order valence-corrected chi connectivity index (χ4v) is 1.64. The molecule has 86 valence electrons. The lowest BCUT2D eigenvalue weighted by atomic mass is 9.86. The van der Waals surface area contributed by atoms with Crippen LogP contribution in [0.15, 0.2) is 29.3 Å². The zero-order valence-electron chi connectivity index (χ0n) is 10.2. The zero-order chi connectivity index (χ0) is 11.8. The van der Waals surface area contributed by atoms with Crippen molar-refractivity contribution in [2.45, 2.75) is 39.3 Å². The van der Waals surface area contributed by atoms with E-state index < -0.39 is 0 Å². The van der Waals surface area contributed by atoms with Crippen LogP contribution in [0.1, 0.15) is 38.8 Å². The van der Waals surface area contributed by atoms with Crippen molar-refractivity contribution in [2.75, 3.05) is 0 Å². The number of hydrogen-bond donors (Lipinski definition) is 1.